The van der Waals surface area contributed by atoms with Gasteiger partial charge in [-0.1, -0.05) is 0 Å². The number of aromatic amines is 1. The number of methoxy groups -OCH3 is 1. The average molecular weight is 226 g/mol. The molecule has 1 aromatic rings. The van der Waals surface area contributed by atoms with Crippen molar-refractivity contribution in [2.24, 2.45) is 0 Å². The van der Waals surface area contributed by atoms with E-state index in [4.69, 9.17) is 0 Å². The van der Waals surface area contributed by atoms with Gasteiger partial charge in [-0.15, -0.1) is 0 Å². The van der Waals surface area contributed by atoms with Gasteiger partial charge in [-0.3, -0.25) is 14.4 Å². The maximum absolute atomic E-state index is 11.4. The zero-order valence-corrected chi connectivity index (χ0v) is 8.44. The summed E-state index contributed by atoms with van der Waals surface area (Å²) in [4.78, 5) is 35.6. The van der Waals surface area contributed by atoms with Crippen molar-refractivity contribution >= 4 is 11.9 Å². The zero-order valence-electron chi connectivity index (χ0n) is 8.44. The lowest BCUT2D eigenvalue weighted by Gasteiger charge is -2.04. The molecule has 3 N–H and O–H groups in total. The third kappa shape index (κ3) is 2.59. The summed E-state index contributed by atoms with van der Waals surface area (Å²) in [5.41, 5.74) is -1.17. The summed E-state index contributed by atoms with van der Waals surface area (Å²) in [6.45, 7) is -0.372. The minimum atomic E-state index is -0.843. The van der Waals surface area contributed by atoms with Crippen molar-refractivity contribution in [3.05, 3.63) is 28.2 Å². The summed E-state index contributed by atoms with van der Waals surface area (Å²) in [5, 5.41) is 11.4. The Morgan fingerprint density at radius 2 is 2.25 bits per heavy atom. The van der Waals surface area contributed by atoms with E-state index in [-0.39, 0.29) is 6.54 Å². The fraction of sp³-hybridized carbons (Fsp3) is 0.222. The van der Waals surface area contributed by atoms with Crippen LogP contribution in [0.25, 0.3) is 0 Å². The lowest BCUT2D eigenvalue weighted by atomic mass is 10.2. The lowest BCUT2D eigenvalue weighted by Crippen LogP contribution is -2.33. The highest BCUT2D eigenvalue weighted by Gasteiger charge is 2.16. The number of aromatic nitrogens is 1. The first kappa shape index (κ1) is 11.8. The number of amides is 1. The van der Waals surface area contributed by atoms with E-state index < -0.39 is 28.7 Å². The fourth-order valence-corrected chi connectivity index (χ4v) is 1.00. The highest BCUT2D eigenvalue weighted by atomic mass is 16.5. The predicted molar refractivity (Wildman–Crippen MR) is 53.1 cm³/mol. The SMILES string of the molecule is COC(=O)CNC(=O)c1c(O)cc[nH]c1=O. The molecule has 0 aromatic carbocycles. The number of esters is 1. The number of aromatic hydroxyl groups is 1. The van der Waals surface area contributed by atoms with Gasteiger partial charge in [0.15, 0.2) is 0 Å². The first-order valence-electron chi connectivity index (χ1n) is 4.32. The molecule has 86 valence electrons. The standard InChI is InChI=1S/C9H10N2O5/c1-16-6(13)4-11-9(15)7-5(12)2-3-10-8(7)14/h2-3H,4H2,1H3,(H,11,15)(H2,10,12,14). The molecule has 0 aliphatic carbocycles. The Labute approximate surface area is 90.1 Å². The van der Waals surface area contributed by atoms with Crippen LogP contribution < -0.4 is 10.9 Å². The summed E-state index contributed by atoms with van der Waals surface area (Å²) in [6, 6.07) is 1.16. The second-order valence-electron chi connectivity index (χ2n) is 2.83. The lowest BCUT2D eigenvalue weighted by molar-refractivity contribution is -0.139. The predicted octanol–water partition coefficient (Wildman–Crippen LogP) is -1.02. The van der Waals surface area contributed by atoms with Gasteiger partial charge in [0.2, 0.25) is 0 Å². The largest absolute Gasteiger partial charge is 0.507 e. The topological polar surface area (TPSA) is 108 Å². The van der Waals surface area contributed by atoms with Crippen molar-refractivity contribution in [1.82, 2.24) is 10.3 Å². The second-order valence-corrected chi connectivity index (χ2v) is 2.83. The molecule has 0 spiro atoms. The summed E-state index contributed by atoms with van der Waals surface area (Å²) in [6.07, 6.45) is 1.20. The van der Waals surface area contributed by atoms with E-state index in [2.05, 4.69) is 15.0 Å². The van der Waals surface area contributed by atoms with Gasteiger partial charge in [-0.05, 0) is 6.07 Å². The van der Waals surface area contributed by atoms with E-state index in [0.717, 1.165) is 6.07 Å². The first-order valence-corrected chi connectivity index (χ1v) is 4.32. The molecular weight excluding hydrogens is 216 g/mol. The van der Waals surface area contributed by atoms with Crippen LogP contribution in [0.2, 0.25) is 0 Å². The van der Waals surface area contributed by atoms with E-state index >= 15 is 0 Å². The number of carbonyl (C=O) groups is 2. The number of nitrogens with one attached hydrogen (secondary N) is 2. The van der Waals surface area contributed by atoms with Gasteiger partial charge in [-0.2, -0.15) is 0 Å². The van der Waals surface area contributed by atoms with Gasteiger partial charge in [-0.25, -0.2) is 0 Å². The number of hydrogen-bond acceptors (Lipinski definition) is 5. The Hall–Kier alpha value is -2.31. The molecule has 0 radical (unpaired) electrons. The van der Waals surface area contributed by atoms with E-state index in [9.17, 15) is 19.5 Å². The van der Waals surface area contributed by atoms with Crippen molar-refractivity contribution in [1.29, 1.82) is 0 Å². The molecule has 0 fully saturated rings. The molecular formula is C9H10N2O5. The molecule has 0 atom stereocenters. The molecule has 0 aliphatic rings. The summed E-state index contributed by atoms with van der Waals surface area (Å²) < 4.78 is 4.29. The molecule has 1 rings (SSSR count). The smallest absolute Gasteiger partial charge is 0.325 e. The Morgan fingerprint density at radius 3 is 2.81 bits per heavy atom. The summed E-state index contributed by atoms with van der Waals surface area (Å²) >= 11 is 0. The summed E-state index contributed by atoms with van der Waals surface area (Å²) in [5.74, 6) is -1.95. The highest BCUT2D eigenvalue weighted by molar-refractivity contribution is 5.97. The number of carbonyl (C=O) groups excluding carboxylic acids is 2. The Morgan fingerprint density at radius 1 is 1.56 bits per heavy atom. The van der Waals surface area contributed by atoms with Crippen molar-refractivity contribution in [2.45, 2.75) is 0 Å². The van der Waals surface area contributed by atoms with E-state index in [1.807, 2.05) is 0 Å². The molecule has 0 aliphatic heterocycles. The fourth-order valence-electron chi connectivity index (χ4n) is 1.00. The van der Waals surface area contributed by atoms with Gasteiger partial charge in [0, 0.05) is 6.20 Å². The van der Waals surface area contributed by atoms with Gasteiger partial charge in [0.05, 0.1) is 7.11 Å². The van der Waals surface area contributed by atoms with Crippen molar-refractivity contribution < 1.29 is 19.4 Å². The van der Waals surface area contributed by atoms with Crippen molar-refractivity contribution in [3.63, 3.8) is 0 Å². The molecule has 16 heavy (non-hydrogen) atoms. The number of pyridine rings is 1. The second kappa shape index (κ2) is 4.96. The van der Waals surface area contributed by atoms with Crippen LogP contribution in [0, 0.1) is 0 Å². The normalized spacial score (nSPS) is 9.56. The summed E-state index contributed by atoms with van der Waals surface area (Å²) in [7, 11) is 1.17. The first-order chi connectivity index (χ1) is 7.56. The van der Waals surface area contributed by atoms with E-state index in [1.54, 1.807) is 0 Å². The number of hydrogen-bond donors (Lipinski definition) is 3. The Balaban J connectivity index is 2.81. The monoisotopic (exact) mass is 226 g/mol. The van der Waals surface area contributed by atoms with Crippen LogP contribution in [0.15, 0.2) is 17.1 Å². The minimum absolute atomic E-state index is 0.372. The molecule has 0 saturated heterocycles. The average Bonchev–Trinajstić information content (AvgIpc) is 2.25. The van der Waals surface area contributed by atoms with Gasteiger partial charge >= 0.3 is 5.97 Å². The molecule has 1 aromatic heterocycles. The highest BCUT2D eigenvalue weighted by Crippen LogP contribution is 2.09. The van der Waals surface area contributed by atoms with Crippen LogP contribution in [0.1, 0.15) is 10.4 Å². The van der Waals surface area contributed by atoms with Crippen LogP contribution >= 0.6 is 0 Å². The molecule has 7 nitrogen and oxygen atoms in total. The quantitative estimate of drug-likeness (QED) is 0.572. The van der Waals surface area contributed by atoms with Gasteiger partial charge in [0.1, 0.15) is 17.9 Å². The molecule has 0 saturated carbocycles. The third-order valence-electron chi connectivity index (χ3n) is 1.79. The van der Waals surface area contributed by atoms with E-state index in [1.165, 1.54) is 13.3 Å². The van der Waals surface area contributed by atoms with Gasteiger partial charge in [0.25, 0.3) is 11.5 Å². The van der Waals surface area contributed by atoms with Crippen LogP contribution in [0.3, 0.4) is 0 Å². The maximum atomic E-state index is 11.4. The molecule has 1 heterocycles. The number of H-pyrrole nitrogens is 1. The number of ether oxygens (including phenoxy) is 1. The van der Waals surface area contributed by atoms with Crippen LogP contribution in [0.5, 0.6) is 5.75 Å². The Kier molecular flexibility index (Phi) is 3.65. The molecule has 0 unspecified atom stereocenters. The van der Waals surface area contributed by atoms with Gasteiger partial charge < -0.3 is 20.1 Å². The zero-order chi connectivity index (χ0) is 12.1. The van der Waals surface area contributed by atoms with E-state index in [0.29, 0.717) is 0 Å². The van der Waals surface area contributed by atoms with Crippen LogP contribution in [-0.4, -0.2) is 35.6 Å². The Bertz CT molecular complexity index is 465. The minimum Gasteiger partial charge on any atom is -0.507 e. The molecule has 0 bridgehead atoms. The third-order valence-corrected chi connectivity index (χ3v) is 1.79. The van der Waals surface area contributed by atoms with Crippen molar-refractivity contribution in [2.75, 3.05) is 13.7 Å². The molecule has 1 amide bonds. The molecule has 7 heteroatoms. The van der Waals surface area contributed by atoms with Crippen LogP contribution in [-0.2, 0) is 9.53 Å². The maximum Gasteiger partial charge on any atom is 0.325 e. The van der Waals surface area contributed by atoms with Crippen LogP contribution in [0.4, 0.5) is 0 Å². The number of rotatable bonds is 3. The van der Waals surface area contributed by atoms with Crippen molar-refractivity contribution in [3.8, 4) is 5.75 Å².